The second-order valence-corrected chi connectivity index (χ2v) is 8.20. The van der Waals surface area contributed by atoms with Gasteiger partial charge >= 0.3 is 0 Å². The predicted molar refractivity (Wildman–Crippen MR) is 80.6 cm³/mol. The van der Waals surface area contributed by atoms with E-state index in [1.54, 1.807) is 16.4 Å². The molecule has 3 rings (SSSR count). The summed E-state index contributed by atoms with van der Waals surface area (Å²) in [7, 11) is -3.43. The van der Waals surface area contributed by atoms with Crippen molar-refractivity contribution in [2.24, 2.45) is 5.92 Å². The molecule has 2 saturated carbocycles. The fraction of sp³-hybridized carbons (Fsp3) is 0.571. The van der Waals surface area contributed by atoms with Crippen LogP contribution in [0.3, 0.4) is 0 Å². The van der Waals surface area contributed by atoms with E-state index in [9.17, 15) is 8.42 Å². The molecule has 20 heavy (non-hydrogen) atoms. The van der Waals surface area contributed by atoms with Crippen molar-refractivity contribution in [3.05, 3.63) is 28.8 Å². The van der Waals surface area contributed by atoms with Gasteiger partial charge in [0.15, 0.2) is 0 Å². The Morgan fingerprint density at radius 3 is 2.40 bits per heavy atom. The molecule has 3 nitrogen and oxygen atoms in total. The van der Waals surface area contributed by atoms with Gasteiger partial charge in [-0.2, -0.15) is 4.31 Å². The molecular formula is C14H17Cl2NO2S. The highest BCUT2D eigenvalue weighted by Gasteiger charge is 2.41. The Kier molecular flexibility index (Phi) is 4.01. The average Bonchev–Trinajstić information content (AvgIpc) is 3.27. The SMILES string of the molecule is O=S(=O)(c1ccc(CCl)c(Cl)c1)N(CC1CC1)C1CC1. The third kappa shape index (κ3) is 2.98. The molecule has 2 fully saturated rings. The van der Waals surface area contributed by atoms with Crippen LogP contribution in [0.5, 0.6) is 0 Å². The van der Waals surface area contributed by atoms with Gasteiger partial charge in [-0.3, -0.25) is 0 Å². The van der Waals surface area contributed by atoms with Gasteiger partial charge in [-0.05, 0) is 49.3 Å². The predicted octanol–water partition coefficient (Wildman–Crippen LogP) is 3.64. The Hall–Kier alpha value is -0.290. The normalized spacial score (nSPS) is 19.6. The van der Waals surface area contributed by atoms with Crippen molar-refractivity contribution in [3.8, 4) is 0 Å². The first kappa shape index (κ1) is 14.6. The van der Waals surface area contributed by atoms with Gasteiger partial charge < -0.3 is 0 Å². The summed E-state index contributed by atoms with van der Waals surface area (Å²) in [5, 5.41) is 0.420. The summed E-state index contributed by atoms with van der Waals surface area (Å²) in [6.07, 6.45) is 4.23. The lowest BCUT2D eigenvalue weighted by atomic mass is 10.2. The van der Waals surface area contributed by atoms with E-state index in [2.05, 4.69) is 0 Å². The lowest BCUT2D eigenvalue weighted by Gasteiger charge is -2.22. The molecule has 0 aliphatic heterocycles. The molecule has 2 aliphatic rings. The quantitative estimate of drug-likeness (QED) is 0.745. The van der Waals surface area contributed by atoms with Crippen molar-refractivity contribution in [2.75, 3.05) is 6.54 Å². The van der Waals surface area contributed by atoms with E-state index >= 15 is 0 Å². The van der Waals surface area contributed by atoms with Crippen LogP contribution in [0.15, 0.2) is 23.1 Å². The number of hydrogen-bond acceptors (Lipinski definition) is 2. The molecule has 0 spiro atoms. The van der Waals surface area contributed by atoms with E-state index in [-0.39, 0.29) is 16.8 Å². The molecule has 6 heteroatoms. The van der Waals surface area contributed by atoms with Crippen LogP contribution in [0, 0.1) is 5.92 Å². The summed E-state index contributed by atoms with van der Waals surface area (Å²) in [6, 6.07) is 5.02. The molecule has 0 saturated heterocycles. The lowest BCUT2D eigenvalue weighted by Crippen LogP contribution is -2.34. The number of alkyl halides is 1. The van der Waals surface area contributed by atoms with E-state index in [0.717, 1.165) is 31.2 Å². The largest absolute Gasteiger partial charge is 0.243 e. The summed E-state index contributed by atoms with van der Waals surface area (Å²) < 4.78 is 27.2. The standard InChI is InChI=1S/C14H17Cl2NO2S/c15-8-11-3-6-13(7-14(11)16)20(18,19)17(12-4-5-12)9-10-1-2-10/h3,6-7,10,12H,1-2,4-5,8-9H2. The van der Waals surface area contributed by atoms with Gasteiger partial charge in [-0.15, -0.1) is 11.6 Å². The average molecular weight is 334 g/mol. The van der Waals surface area contributed by atoms with Crippen LogP contribution in [0.2, 0.25) is 5.02 Å². The van der Waals surface area contributed by atoms with E-state index in [0.29, 0.717) is 17.5 Å². The number of nitrogens with zero attached hydrogens (tertiary/aromatic N) is 1. The van der Waals surface area contributed by atoms with E-state index in [1.165, 1.54) is 6.07 Å². The molecule has 0 radical (unpaired) electrons. The lowest BCUT2D eigenvalue weighted by molar-refractivity contribution is 0.389. The molecule has 110 valence electrons. The molecule has 1 aromatic carbocycles. The van der Waals surface area contributed by atoms with Crippen LogP contribution in [0.25, 0.3) is 0 Å². The minimum absolute atomic E-state index is 0.187. The highest BCUT2D eigenvalue weighted by Crippen LogP contribution is 2.38. The Balaban J connectivity index is 1.90. The van der Waals surface area contributed by atoms with Crippen molar-refractivity contribution in [1.29, 1.82) is 0 Å². The Labute approximate surface area is 129 Å². The van der Waals surface area contributed by atoms with Crippen LogP contribution in [0.4, 0.5) is 0 Å². The van der Waals surface area contributed by atoms with Crippen molar-refractivity contribution in [2.45, 2.75) is 42.5 Å². The maximum absolute atomic E-state index is 12.8. The van der Waals surface area contributed by atoms with E-state index in [4.69, 9.17) is 23.2 Å². The number of rotatable bonds is 6. The molecule has 0 N–H and O–H groups in total. The summed E-state index contributed by atoms with van der Waals surface area (Å²) in [5.41, 5.74) is 0.757. The molecule has 0 atom stereocenters. The molecule has 0 aromatic heterocycles. The minimum atomic E-state index is -3.43. The third-order valence-electron chi connectivity index (χ3n) is 3.86. The first-order chi connectivity index (χ1) is 9.52. The summed E-state index contributed by atoms with van der Waals surface area (Å²) in [5.74, 6) is 0.830. The number of halogens is 2. The van der Waals surface area contributed by atoms with E-state index < -0.39 is 10.0 Å². The summed E-state index contributed by atoms with van der Waals surface area (Å²) >= 11 is 11.8. The summed E-state index contributed by atoms with van der Waals surface area (Å²) in [6.45, 7) is 0.655. The molecule has 1 aromatic rings. The highest BCUT2D eigenvalue weighted by atomic mass is 35.5. The van der Waals surface area contributed by atoms with Gasteiger partial charge in [-0.1, -0.05) is 17.7 Å². The molecule has 0 amide bonds. The van der Waals surface area contributed by atoms with Gasteiger partial charge in [0.1, 0.15) is 0 Å². The molecule has 0 bridgehead atoms. The molecule has 0 unspecified atom stereocenters. The van der Waals surface area contributed by atoms with Gasteiger partial charge in [0.2, 0.25) is 10.0 Å². The maximum atomic E-state index is 12.8. The maximum Gasteiger partial charge on any atom is 0.243 e. The van der Waals surface area contributed by atoms with Crippen LogP contribution in [0.1, 0.15) is 31.2 Å². The van der Waals surface area contributed by atoms with Crippen LogP contribution in [-0.2, 0) is 15.9 Å². The monoisotopic (exact) mass is 333 g/mol. The van der Waals surface area contributed by atoms with Crippen molar-refractivity contribution < 1.29 is 8.42 Å². The molecular weight excluding hydrogens is 317 g/mol. The summed E-state index contributed by atoms with van der Waals surface area (Å²) in [4.78, 5) is 0.281. The van der Waals surface area contributed by atoms with E-state index in [1.807, 2.05) is 0 Å². The van der Waals surface area contributed by atoms with Crippen LogP contribution >= 0.6 is 23.2 Å². The molecule has 2 aliphatic carbocycles. The first-order valence-corrected chi connectivity index (χ1v) is 9.24. The zero-order valence-corrected chi connectivity index (χ0v) is 13.4. The van der Waals surface area contributed by atoms with Crippen LogP contribution < -0.4 is 0 Å². The second-order valence-electron chi connectivity index (χ2n) is 5.64. The smallest absolute Gasteiger partial charge is 0.207 e. The second kappa shape index (κ2) is 5.48. The Morgan fingerprint density at radius 1 is 1.20 bits per heavy atom. The number of sulfonamides is 1. The van der Waals surface area contributed by atoms with Crippen molar-refractivity contribution in [1.82, 2.24) is 4.31 Å². The van der Waals surface area contributed by atoms with Crippen molar-refractivity contribution in [3.63, 3.8) is 0 Å². The fourth-order valence-corrected chi connectivity index (χ4v) is 4.69. The Bertz CT molecular complexity index is 610. The van der Waals surface area contributed by atoms with Crippen LogP contribution in [-0.4, -0.2) is 25.3 Å². The highest BCUT2D eigenvalue weighted by molar-refractivity contribution is 7.89. The third-order valence-corrected chi connectivity index (χ3v) is 6.42. The van der Waals surface area contributed by atoms with Gasteiger partial charge in [-0.25, -0.2) is 8.42 Å². The zero-order chi connectivity index (χ0) is 14.3. The fourth-order valence-electron chi connectivity index (χ4n) is 2.29. The van der Waals surface area contributed by atoms with Gasteiger partial charge in [0.05, 0.1) is 4.90 Å². The number of benzene rings is 1. The topological polar surface area (TPSA) is 37.4 Å². The molecule has 0 heterocycles. The van der Waals surface area contributed by atoms with Gasteiger partial charge in [0.25, 0.3) is 0 Å². The first-order valence-electron chi connectivity index (χ1n) is 6.88. The van der Waals surface area contributed by atoms with Gasteiger partial charge in [0, 0.05) is 23.5 Å². The minimum Gasteiger partial charge on any atom is -0.207 e. The van der Waals surface area contributed by atoms with Crippen molar-refractivity contribution >= 4 is 33.2 Å². The Morgan fingerprint density at radius 2 is 1.90 bits per heavy atom. The zero-order valence-electron chi connectivity index (χ0n) is 11.1. The number of hydrogen-bond donors (Lipinski definition) is 0.